The molecule has 5 nitrogen and oxygen atoms in total. The Morgan fingerprint density at radius 2 is 1.70 bits per heavy atom. The molecule has 23 heavy (non-hydrogen) atoms. The summed E-state index contributed by atoms with van der Waals surface area (Å²) >= 11 is 10.5. The fraction of sp³-hybridized carbons (Fsp3) is 0.200. The van der Waals surface area contributed by atoms with E-state index in [4.69, 9.17) is 11.6 Å². The number of hydrogen-bond donors (Lipinski definition) is 1. The minimum Gasteiger partial charge on any atom is -0.231 e. The van der Waals surface area contributed by atoms with E-state index in [2.05, 4.69) is 22.7 Å². The van der Waals surface area contributed by atoms with Gasteiger partial charge < -0.3 is 0 Å². The first kappa shape index (κ1) is 16.3. The number of hydrogen-bond acceptors (Lipinski definition) is 5. The molecule has 0 bridgehead atoms. The standard InChI is InChI=1S/C15H14ClN3O2S2/c1-8-4-6-11(7-5-8)23(20,21)13-10(3)18-19-14(16)12(22)9(2)17-15(13)19/h4-7,22H,1-3H3. The highest BCUT2D eigenvalue weighted by Crippen LogP contribution is 2.31. The van der Waals surface area contributed by atoms with Crippen LogP contribution < -0.4 is 0 Å². The van der Waals surface area contributed by atoms with Gasteiger partial charge in [-0.3, -0.25) is 0 Å². The van der Waals surface area contributed by atoms with Gasteiger partial charge in [0.1, 0.15) is 10.0 Å². The molecule has 3 rings (SSSR count). The molecule has 0 N–H and O–H groups in total. The molecule has 0 atom stereocenters. The van der Waals surface area contributed by atoms with Crippen molar-refractivity contribution < 1.29 is 8.42 Å². The van der Waals surface area contributed by atoms with Crippen molar-refractivity contribution >= 4 is 39.7 Å². The first-order valence-electron chi connectivity index (χ1n) is 6.79. The minimum atomic E-state index is -3.75. The maximum absolute atomic E-state index is 13.0. The summed E-state index contributed by atoms with van der Waals surface area (Å²) in [6.07, 6.45) is 0. The lowest BCUT2D eigenvalue weighted by Gasteiger charge is -2.06. The Hall–Kier alpha value is -1.57. The van der Waals surface area contributed by atoms with E-state index >= 15 is 0 Å². The fourth-order valence-corrected chi connectivity index (χ4v) is 4.28. The number of aromatic nitrogens is 3. The van der Waals surface area contributed by atoms with E-state index in [9.17, 15) is 8.42 Å². The molecule has 0 amide bonds. The number of halogens is 1. The highest BCUT2D eigenvalue weighted by molar-refractivity contribution is 7.91. The van der Waals surface area contributed by atoms with E-state index in [1.807, 2.05) is 6.92 Å². The SMILES string of the molecule is Cc1ccc(S(=O)(=O)c2c(C)nn3c(Cl)c(S)c(C)nc23)cc1. The number of fused-ring (bicyclic) bond motifs is 1. The third-order valence-electron chi connectivity index (χ3n) is 3.58. The Bertz CT molecular complexity index is 1030. The van der Waals surface area contributed by atoms with Crippen molar-refractivity contribution in [1.29, 1.82) is 0 Å². The van der Waals surface area contributed by atoms with Crippen LogP contribution >= 0.6 is 24.2 Å². The van der Waals surface area contributed by atoms with Crippen LogP contribution in [0.15, 0.2) is 39.0 Å². The van der Waals surface area contributed by atoms with Crippen LogP contribution in [0.1, 0.15) is 17.0 Å². The number of nitrogens with zero attached hydrogens (tertiary/aromatic N) is 3. The van der Waals surface area contributed by atoms with Crippen molar-refractivity contribution in [1.82, 2.24) is 14.6 Å². The van der Waals surface area contributed by atoms with E-state index in [0.29, 0.717) is 16.3 Å². The van der Waals surface area contributed by atoms with Crippen molar-refractivity contribution in [2.45, 2.75) is 35.5 Å². The van der Waals surface area contributed by atoms with Crippen LogP contribution in [0, 0.1) is 20.8 Å². The Morgan fingerprint density at radius 1 is 1.09 bits per heavy atom. The van der Waals surface area contributed by atoms with E-state index in [-0.39, 0.29) is 20.6 Å². The van der Waals surface area contributed by atoms with Crippen LogP contribution in [0.25, 0.3) is 5.65 Å². The second-order valence-electron chi connectivity index (χ2n) is 5.30. The molecular formula is C15H14ClN3O2S2. The van der Waals surface area contributed by atoms with Crippen LogP contribution in [0.5, 0.6) is 0 Å². The van der Waals surface area contributed by atoms with Gasteiger partial charge in [0.05, 0.1) is 21.2 Å². The summed E-state index contributed by atoms with van der Waals surface area (Å²) in [5.74, 6) is 0. The average Bonchev–Trinajstić information content (AvgIpc) is 2.82. The van der Waals surface area contributed by atoms with Gasteiger partial charge in [-0.2, -0.15) is 5.10 Å². The number of benzene rings is 1. The Balaban J connectivity index is 2.36. The first-order chi connectivity index (χ1) is 10.7. The Labute approximate surface area is 144 Å². The summed E-state index contributed by atoms with van der Waals surface area (Å²) in [5, 5.41) is 4.46. The maximum atomic E-state index is 13.0. The van der Waals surface area contributed by atoms with Gasteiger partial charge in [0.2, 0.25) is 9.84 Å². The van der Waals surface area contributed by atoms with Crippen LogP contribution in [0.2, 0.25) is 5.15 Å². The summed E-state index contributed by atoms with van der Waals surface area (Å²) in [6.45, 7) is 5.24. The van der Waals surface area contributed by atoms with Gasteiger partial charge in [-0.25, -0.2) is 17.9 Å². The Morgan fingerprint density at radius 3 is 2.30 bits per heavy atom. The van der Waals surface area contributed by atoms with Crippen molar-refractivity contribution in [3.05, 3.63) is 46.4 Å². The molecule has 0 radical (unpaired) electrons. The smallest absolute Gasteiger partial charge is 0.212 e. The average molecular weight is 368 g/mol. The van der Waals surface area contributed by atoms with Crippen molar-refractivity contribution in [3.8, 4) is 0 Å². The summed E-state index contributed by atoms with van der Waals surface area (Å²) in [6, 6.07) is 6.67. The molecule has 3 aromatic rings. The predicted molar refractivity (Wildman–Crippen MR) is 91.4 cm³/mol. The van der Waals surface area contributed by atoms with Crippen molar-refractivity contribution in [2.24, 2.45) is 0 Å². The summed E-state index contributed by atoms with van der Waals surface area (Å²) in [4.78, 5) is 5.07. The third-order valence-corrected chi connectivity index (χ3v) is 6.50. The van der Waals surface area contributed by atoms with Gasteiger partial charge in [-0.05, 0) is 32.9 Å². The topological polar surface area (TPSA) is 64.3 Å². The van der Waals surface area contributed by atoms with Gasteiger partial charge in [-0.1, -0.05) is 29.3 Å². The lowest BCUT2D eigenvalue weighted by Crippen LogP contribution is -2.05. The molecule has 2 aromatic heterocycles. The molecule has 120 valence electrons. The van der Waals surface area contributed by atoms with Crippen LogP contribution in [-0.4, -0.2) is 23.0 Å². The Kier molecular flexibility index (Phi) is 3.90. The number of aryl methyl sites for hydroxylation is 3. The zero-order valence-electron chi connectivity index (χ0n) is 12.7. The largest absolute Gasteiger partial charge is 0.231 e. The first-order valence-corrected chi connectivity index (χ1v) is 9.10. The maximum Gasteiger partial charge on any atom is 0.212 e. The summed E-state index contributed by atoms with van der Waals surface area (Å²) in [5.41, 5.74) is 2.09. The highest BCUT2D eigenvalue weighted by Gasteiger charge is 2.28. The van der Waals surface area contributed by atoms with Gasteiger partial charge >= 0.3 is 0 Å². The monoisotopic (exact) mass is 367 g/mol. The lowest BCUT2D eigenvalue weighted by molar-refractivity contribution is 0.596. The summed E-state index contributed by atoms with van der Waals surface area (Å²) < 4.78 is 27.3. The lowest BCUT2D eigenvalue weighted by atomic mass is 10.2. The molecule has 0 fully saturated rings. The molecule has 0 saturated heterocycles. The molecule has 8 heteroatoms. The van der Waals surface area contributed by atoms with E-state index in [0.717, 1.165) is 5.56 Å². The number of thiol groups is 1. The van der Waals surface area contributed by atoms with Crippen LogP contribution in [0.3, 0.4) is 0 Å². The molecule has 0 aliphatic heterocycles. The third kappa shape index (κ3) is 2.52. The molecule has 0 spiro atoms. The minimum absolute atomic E-state index is 0.0692. The van der Waals surface area contributed by atoms with Gasteiger partial charge in [-0.15, -0.1) is 12.6 Å². The van der Waals surface area contributed by atoms with Gasteiger partial charge in [0.15, 0.2) is 5.65 Å². The second kappa shape index (κ2) is 5.51. The molecule has 0 saturated carbocycles. The zero-order chi connectivity index (χ0) is 16.9. The summed E-state index contributed by atoms with van der Waals surface area (Å²) in [7, 11) is -3.75. The molecular weight excluding hydrogens is 354 g/mol. The zero-order valence-corrected chi connectivity index (χ0v) is 15.2. The number of sulfone groups is 1. The molecule has 1 aromatic carbocycles. The van der Waals surface area contributed by atoms with E-state index in [1.165, 1.54) is 4.52 Å². The fourth-order valence-electron chi connectivity index (χ4n) is 2.35. The molecule has 0 aliphatic carbocycles. The van der Waals surface area contributed by atoms with Gasteiger partial charge in [0.25, 0.3) is 0 Å². The normalized spacial score (nSPS) is 12.0. The molecule has 0 unspecified atom stereocenters. The van der Waals surface area contributed by atoms with Gasteiger partial charge in [0, 0.05) is 0 Å². The number of rotatable bonds is 2. The highest BCUT2D eigenvalue weighted by atomic mass is 35.5. The van der Waals surface area contributed by atoms with Crippen LogP contribution in [0.4, 0.5) is 0 Å². The molecule has 0 aliphatic rings. The second-order valence-corrected chi connectivity index (χ2v) is 7.99. The van der Waals surface area contributed by atoms with E-state index < -0.39 is 9.84 Å². The van der Waals surface area contributed by atoms with Crippen molar-refractivity contribution in [2.75, 3.05) is 0 Å². The van der Waals surface area contributed by atoms with Crippen LogP contribution in [-0.2, 0) is 9.84 Å². The predicted octanol–water partition coefficient (Wildman–Crippen LogP) is 3.43. The van der Waals surface area contributed by atoms with E-state index in [1.54, 1.807) is 38.1 Å². The van der Waals surface area contributed by atoms with Crippen molar-refractivity contribution in [3.63, 3.8) is 0 Å². The molecule has 2 heterocycles. The quantitative estimate of drug-likeness (QED) is 0.556.